The number of amides is 2. The van der Waals surface area contributed by atoms with E-state index in [1.54, 1.807) is 11.0 Å². The summed E-state index contributed by atoms with van der Waals surface area (Å²) in [5.74, 6) is -0.355. The first-order valence-corrected chi connectivity index (χ1v) is 10.4. The second kappa shape index (κ2) is 10.1. The van der Waals surface area contributed by atoms with E-state index in [0.29, 0.717) is 37.5 Å². The van der Waals surface area contributed by atoms with Gasteiger partial charge in [-0.05, 0) is 25.5 Å². The molecule has 1 aromatic carbocycles. The van der Waals surface area contributed by atoms with E-state index in [2.05, 4.69) is 5.32 Å². The Bertz CT molecular complexity index is 796. The van der Waals surface area contributed by atoms with Gasteiger partial charge in [-0.15, -0.1) is 0 Å². The molecule has 3 rings (SSSR count). The molecule has 1 aromatic rings. The van der Waals surface area contributed by atoms with Gasteiger partial charge in [-0.3, -0.25) is 9.59 Å². The van der Waals surface area contributed by atoms with Crippen LogP contribution in [0.15, 0.2) is 35.9 Å². The predicted molar refractivity (Wildman–Crippen MR) is 110 cm³/mol. The first-order valence-electron chi connectivity index (χ1n) is 10.4. The van der Waals surface area contributed by atoms with Crippen molar-refractivity contribution in [2.45, 2.75) is 44.4 Å². The van der Waals surface area contributed by atoms with E-state index in [4.69, 9.17) is 14.6 Å². The Labute approximate surface area is 176 Å². The van der Waals surface area contributed by atoms with E-state index in [1.165, 1.54) is 6.92 Å². The SMILES string of the molecule is CCOCCCN(C(C)=O)C1C=C(C(=O)NCCO)C2c3ccccc3OC2C1O. The zero-order chi connectivity index (χ0) is 21.7. The highest BCUT2D eigenvalue weighted by molar-refractivity contribution is 5.96. The number of aliphatic hydroxyl groups excluding tert-OH is 2. The highest BCUT2D eigenvalue weighted by Crippen LogP contribution is 2.47. The number of carbonyl (C=O) groups is 2. The van der Waals surface area contributed by atoms with Gasteiger partial charge < -0.3 is 29.9 Å². The number of nitrogens with zero attached hydrogens (tertiary/aromatic N) is 1. The lowest BCUT2D eigenvalue weighted by Crippen LogP contribution is -2.55. The second-order valence-electron chi connectivity index (χ2n) is 7.44. The highest BCUT2D eigenvalue weighted by Gasteiger charge is 2.50. The molecule has 3 N–H and O–H groups in total. The number of ether oxygens (including phenoxy) is 2. The summed E-state index contributed by atoms with van der Waals surface area (Å²) in [5, 5.41) is 22.9. The van der Waals surface area contributed by atoms with Gasteiger partial charge in [0, 0.05) is 44.4 Å². The van der Waals surface area contributed by atoms with E-state index in [0.717, 1.165) is 5.56 Å². The van der Waals surface area contributed by atoms with Gasteiger partial charge in [-0.25, -0.2) is 0 Å². The minimum Gasteiger partial charge on any atom is -0.486 e. The number of rotatable bonds is 9. The summed E-state index contributed by atoms with van der Waals surface area (Å²) in [6, 6.07) is 6.69. The Balaban J connectivity index is 1.93. The van der Waals surface area contributed by atoms with Crippen LogP contribution in [0.25, 0.3) is 0 Å². The lowest BCUT2D eigenvalue weighted by atomic mass is 9.77. The standard InChI is InChI=1S/C22H30N2O6/c1-3-29-12-6-10-24(14(2)26)17-13-16(22(28)23-9-11-25)19-15-7-4-5-8-18(15)30-21(19)20(17)27/h4-5,7-8,13,17,19-21,25,27H,3,6,9-12H2,1-2H3,(H,23,28). The fraction of sp³-hybridized carbons (Fsp3) is 0.545. The molecule has 8 heteroatoms. The molecule has 4 unspecified atom stereocenters. The molecule has 1 aliphatic carbocycles. The van der Waals surface area contributed by atoms with E-state index < -0.39 is 24.2 Å². The zero-order valence-electron chi connectivity index (χ0n) is 17.4. The summed E-state index contributed by atoms with van der Waals surface area (Å²) in [7, 11) is 0. The van der Waals surface area contributed by atoms with Crippen molar-refractivity contribution in [1.82, 2.24) is 10.2 Å². The lowest BCUT2D eigenvalue weighted by molar-refractivity contribution is -0.135. The topological polar surface area (TPSA) is 108 Å². The van der Waals surface area contributed by atoms with Crippen molar-refractivity contribution in [3.8, 4) is 5.75 Å². The number of hydrogen-bond acceptors (Lipinski definition) is 6. The highest BCUT2D eigenvalue weighted by atomic mass is 16.5. The second-order valence-corrected chi connectivity index (χ2v) is 7.44. The average molecular weight is 418 g/mol. The molecule has 0 spiro atoms. The van der Waals surface area contributed by atoms with Crippen LogP contribution in [0.1, 0.15) is 31.7 Å². The fourth-order valence-corrected chi connectivity index (χ4v) is 4.19. The molecule has 4 atom stereocenters. The molecule has 1 heterocycles. The van der Waals surface area contributed by atoms with Gasteiger partial charge >= 0.3 is 0 Å². The number of hydrogen-bond donors (Lipinski definition) is 3. The quantitative estimate of drug-likeness (QED) is 0.507. The molecular formula is C22H30N2O6. The van der Waals surface area contributed by atoms with Crippen molar-refractivity contribution < 1.29 is 29.3 Å². The van der Waals surface area contributed by atoms with Gasteiger partial charge in [0.1, 0.15) is 18.0 Å². The molecular weight excluding hydrogens is 388 g/mol. The number of carbonyl (C=O) groups excluding carboxylic acids is 2. The van der Waals surface area contributed by atoms with E-state index in [1.807, 2.05) is 31.2 Å². The summed E-state index contributed by atoms with van der Waals surface area (Å²) in [6.07, 6.45) is 0.617. The van der Waals surface area contributed by atoms with Crippen molar-refractivity contribution in [3.63, 3.8) is 0 Å². The van der Waals surface area contributed by atoms with Crippen LogP contribution in [-0.2, 0) is 14.3 Å². The van der Waals surface area contributed by atoms with Crippen LogP contribution in [0, 0.1) is 0 Å². The summed E-state index contributed by atoms with van der Waals surface area (Å²) < 4.78 is 11.4. The third-order valence-electron chi connectivity index (χ3n) is 5.53. The molecule has 0 fully saturated rings. The fourth-order valence-electron chi connectivity index (χ4n) is 4.19. The molecule has 0 saturated heterocycles. The Morgan fingerprint density at radius 1 is 1.30 bits per heavy atom. The third kappa shape index (κ3) is 4.50. The van der Waals surface area contributed by atoms with E-state index in [-0.39, 0.29) is 25.0 Å². The van der Waals surface area contributed by atoms with Gasteiger partial charge in [0.05, 0.1) is 18.6 Å². The largest absolute Gasteiger partial charge is 0.486 e. The summed E-state index contributed by atoms with van der Waals surface area (Å²) in [4.78, 5) is 26.8. The van der Waals surface area contributed by atoms with Crippen LogP contribution >= 0.6 is 0 Å². The first kappa shape index (κ1) is 22.3. The number of nitrogens with one attached hydrogen (secondary N) is 1. The predicted octanol–water partition coefficient (Wildman–Crippen LogP) is 0.584. The average Bonchev–Trinajstić information content (AvgIpc) is 3.13. The number of fused-ring (bicyclic) bond motifs is 3. The van der Waals surface area contributed by atoms with Crippen LogP contribution in [0.2, 0.25) is 0 Å². The normalized spacial score (nSPS) is 24.3. The van der Waals surface area contributed by atoms with Crippen LogP contribution in [-0.4, -0.2) is 78.1 Å². The van der Waals surface area contributed by atoms with E-state index in [9.17, 15) is 14.7 Å². The number of aliphatic hydroxyl groups is 2. The minimum absolute atomic E-state index is 0.119. The summed E-state index contributed by atoms with van der Waals surface area (Å²) >= 11 is 0. The van der Waals surface area contributed by atoms with Gasteiger partial charge in [-0.1, -0.05) is 18.2 Å². The molecule has 2 aliphatic rings. The minimum atomic E-state index is -0.993. The summed E-state index contributed by atoms with van der Waals surface area (Å²) in [6.45, 7) is 4.79. The van der Waals surface area contributed by atoms with Crippen molar-refractivity contribution in [3.05, 3.63) is 41.5 Å². The van der Waals surface area contributed by atoms with Crippen LogP contribution in [0.5, 0.6) is 5.75 Å². The molecule has 0 saturated carbocycles. The monoisotopic (exact) mass is 418 g/mol. The van der Waals surface area contributed by atoms with Gasteiger partial charge in [0.2, 0.25) is 11.8 Å². The maximum Gasteiger partial charge on any atom is 0.247 e. The molecule has 164 valence electrons. The third-order valence-corrected chi connectivity index (χ3v) is 5.53. The molecule has 0 bridgehead atoms. The first-order chi connectivity index (χ1) is 14.5. The Kier molecular flexibility index (Phi) is 7.47. The number of benzene rings is 1. The summed E-state index contributed by atoms with van der Waals surface area (Å²) in [5.41, 5.74) is 1.26. The van der Waals surface area contributed by atoms with Crippen LogP contribution in [0.3, 0.4) is 0 Å². The smallest absolute Gasteiger partial charge is 0.247 e. The van der Waals surface area contributed by atoms with Crippen LogP contribution in [0.4, 0.5) is 0 Å². The van der Waals surface area contributed by atoms with Crippen LogP contribution < -0.4 is 10.1 Å². The maximum atomic E-state index is 12.9. The molecule has 2 amide bonds. The Hall–Kier alpha value is -2.42. The van der Waals surface area contributed by atoms with Gasteiger partial charge in [-0.2, -0.15) is 0 Å². The van der Waals surface area contributed by atoms with E-state index >= 15 is 0 Å². The Morgan fingerprint density at radius 3 is 2.77 bits per heavy atom. The van der Waals surface area contributed by atoms with Crippen molar-refractivity contribution in [2.75, 3.05) is 32.9 Å². The molecule has 30 heavy (non-hydrogen) atoms. The van der Waals surface area contributed by atoms with Crippen molar-refractivity contribution >= 4 is 11.8 Å². The molecule has 8 nitrogen and oxygen atoms in total. The zero-order valence-corrected chi connectivity index (χ0v) is 17.4. The molecule has 0 radical (unpaired) electrons. The maximum absolute atomic E-state index is 12.9. The Morgan fingerprint density at radius 2 is 2.07 bits per heavy atom. The van der Waals surface area contributed by atoms with Gasteiger partial charge in [0.15, 0.2) is 0 Å². The van der Waals surface area contributed by atoms with Crippen molar-refractivity contribution in [2.24, 2.45) is 0 Å². The molecule has 0 aromatic heterocycles. The molecule has 1 aliphatic heterocycles. The lowest BCUT2D eigenvalue weighted by Gasteiger charge is -2.40. The van der Waals surface area contributed by atoms with Crippen molar-refractivity contribution in [1.29, 1.82) is 0 Å². The number of para-hydroxylation sites is 1. The van der Waals surface area contributed by atoms with Gasteiger partial charge in [0.25, 0.3) is 0 Å².